The van der Waals surface area contributed by atoms with Gasteiger partial charge in [-0.2, -0.15) is 0 Å². The molecule has 1 aliphatic rings. The number of aliphatic carboxylic acids is 1. The Kier molecular flexibility index (Phi) is 9.74. The van der Waals surface area contributed by atoms with Gasteiger partial charge in [-0.25, -0.2) is 4.79 Å². The van der Waals surface area contributed by atoms with Gasteiger partial charge in [0.05, 0.1) is 6.42 Å². The number of allylic oxidation sites excluding steroid dienone is 1. The normalized spacial score (nSPS) is 19.1. The maximum absolute atomic E-state index is 12.4. The highest BCUT2D eigenvalue weighted by molar-refractivity contribution is 5.99. The van der Waals surface area contributed by atoms with Gasteiger partial charge in [0.1, 0.15) is 18.1 Å². The predicted octanol–water partition coefficient (Wildman–Crippen LogP) is 1.70. The smallest absolute Gasteiger partial charge is 0.326 e. The third-order valence-electron chi connectivity index (χ3n) is 5.22. The Morgan fingerprint density at radius 3 is 2.35 bits per heavy atom. The van der Waals surface area contributed by atoms with Crippen LogP contribution in [0.15, 0.2) is 43.0 Å². The lowest BCUT2D eigenvalue weighted by Gasteiger charge is -2.29. The fourth-order valence-corrected chi connectivity index (χ4v) is 3.50. The van der Waals surface area contributed by atoms with Crippen LogP contribution in [0, 0.1) is 0 Å². The second-order valence-electron chi connectivity index (χ2n) is 7.75. The molecule has 0 saturated carbocycles. The molecular formula is C23H31N3O5. The molecule has 168 valence electrons. The van der Waals surface area contributed by atoms with Gasteiger partial charge in [0.25, 0.3) is 0 Å². The minimum atomic E-state index is -1.11. The Balaban J connectivity index is 1.79. The monoisotopic (exact) mass is 429 g/mol. The van der Waals surface area contributed by atoms with Gasteiger partial charge < -0.3 is 21.1 Å². The number of nitrogens with one attached hydrogen (secondary N) is 3. The van der Waals surface area contributed by atoms with Crippen molar-refractivity contribution in [2.45, 2.75) is 69.5 Å². The Morgan fingerprint density at radius 2 is 1.68 bits per heavy atom. The zero-order valence-corrected chi connectivity index (χ0v) is 17.6. The van der Waals surface area contributed by atoms with Crippen LogP contribution < -0.4 is 16.0 Å². The van der Waals surface area contributed by atoms with Crippen molar-refractivity contribution in [2.24, 2.45) is 0 Å². The van der Waals surface area contributed by atoms with E-state index in [1.165, 1.54) is 0 Å². The summed E-state index contributed by atoms with van der Waals surface area (Å²) in [5.74, 6) is -2.51. The van der Waals surface area contributed by atoms with Gasteiger partial charge in [-0.3, -0.25) is 14.4 Å². The zero-order valence-electron chi connectivity index (χ0n) is 17.6. The quantitative estimate of drug-likeness (QED) is 0.281. The molecule has 0 unspecified atom stereocenters. The predicted molar refractivity (Wildman–Crippen MR) is 116 cm³/mol. The van der Waals surface area contributed by atoms with E-state index in [0.29, 0.717) is 19.3 Å². The van der Waals surface area contributed by atoms with Crippen LogP contribution in [0.1, 0.15) is 50.5 Å². The van der Waals surface area contributed by atoms with Crippen molar-refractivity contribution >= 4 is 23.7 Å². The topological polar surface area (TPSA) is 125 Å². The number of unbranched alkanes of at least 4 members (excludes halogenated alkanes) is 4. The Morgan fingerprint density at radius 1 is 1.03 bits per heavy atom. The Bertz CT molecular complexity index is 781. The van der Waals surface area contributed by atoms with Crippen molar-refractivity contribution in [3.63, 3.8) is 0 Å². The largest absolute Gasteiger partial charge is 0.480 e. The van der Waals surface area contributed by atoms with Crippen molar-refractivity contribution in [1.82, 2.24) is 16.0 Å². The number of piperazine rings is 1. The SMILES string of the molecule is C=CCCCCCC[C@H](NC(=O)C[C@@H]1NC(=O)[C@H](Cc2ccccc2)NC1=O)C(=O)O. The first-order valence-corrected chi connectivity index (χ1v) is 10.7. The van der Waals surface area contributed by atoms with Crippen LogP contribution in [-0.2, 0) is 25.6 Å². The maximum Gasteiger partial charge on any atom is 0.326 e. The van der Waals surface area contributed by atoms with Crippen LogP contribution >= 0.6 is 0 Å². The average Bonchev–Trinajstić information content (AvgIpc) is 2.74. The molecule has 1 saturated heterocycles. The molecule has 1 aromatic carbocycles. The molecule has 31 heavy (non-hydrogen) atoms. The van der Waals surface area contributed by atoms with E-state index in [1.54, 1.807) is 0 Å². The number of carboxylic acid groups (broad SMARTS) is 1. The second-order valence-corrected chi connectivity index (χ2v) is 7.75. The van der Waals surface area contributed by atoms with Crippen LogP contribution in [0.25, 0.3) is 0 Å². The Hall–Kier alpha value is -3.16. The summed E-state index contributed by atoms with van der Waals surface area (Å²) < 4.78 is 0. The number of carboxylic acids is 1. The van der Waals surface area contributed by atoms with Crippen molar-refractivity contribution < 1.29 is 24.3 Å². The van der Waals surface area contributed by atoms with E-state index in [-0.39, 0.29) is 12.3 Å². The van der Waals surface area contributed by atoms with Crippen LogP contribution in [0.5, 0.6) is 0 Å². The number of benzene rings is 1. The lowest BCUT2D eigenvalue weighted by molar-refractivity contribution is -0.143. The first-order chi connectivity index (χ1) is 14.9. The first kappa shape index (κ1) is 24.1. The van der Waals surface area contributed by atoms with Crippen molar-refractivity contribution in [1.29, 1.82) is 0 Å². The summed E-state index contributed by atoms with van der Waals surface area (Å²) in [6, 6.07) is 6.56. The summed E-state index contributed by atoms with van der Waals surface area (Å²) in [6.45, 7) is 3.66. The van der Waals surface area contributed by atoms with Crippen LogP contribution in [-0.4, -0.2) is 46.9 Å². The fraction of sp³-hybridized carbons (Fsp3) is 0.478. The van der Waals surface area contributed by atoms with E-state index in [1.807, 2.05) is 36.4 Å². The standard InChI is InChI=1S/C23H31N3O5/c1-2-3-4-5-6-10-13-17(23(30)31)24-20(27)15-19-22(29)25-18(21(28)26-19)14-16-11-8-7-9-12-16/h2,7-9,11-12,17-19H,1,3-6,10,13-15H2,(H,24,27)(H,25,29)(H,26,28)(H,30,31)/t17-,18-,19-/m0/s1. The van der Waals surface area contributed by atoms with Gasteiger partial charge in [-0.15, -0.1) is 6.58 Å². The summed E-state index contributed by atoms with van der Waals surface area (Å²) in [5.41, 5.74) is 0.910. The number of carbonyl (C=O) groups excluding carboxylic acids is 3. The molecule has 0 aromatic heterocycles. The summed E-state index contributed by atoms with van der Waals surface area (Å²) in [7, 11) is 0. The molecule has 2 rings (SSSR count). The third-order valence-corrected chi connectivity index (χ3v) is 5.22. The van der Waals surface area contributed by atoms with Gasteiger partial charge in [-0.1, -0.05) is 55.7 Å². The first-order valence-electron chi connectivity index (χ1n) is 10.7. The van der Waals surface area contributed by atoms with Gasteiger partial charge in [0.2, 0.25) is 17.7 Å². The molecule has 8 heteroatoms. The molecular weight excluding hydrogens is 398 g/mol. The fourth-order valence-electron chi connectivity index (χ4n) is 3.50. The molecule has 1 aromatic rings. The number of carbonyl (C=O) groups is 4. The zero-order chi connectivity index (χ0) is 22.6. The minimum absolute atomic E-state index is 0.307. The van der Waals surface area contributed by atoms with Crippen LogP contribution in [0.2, 0.25) is 0 Å². The third kappa shape index (κ3) is 8.24. The van der Waals surface area contributed by atoms with E-state index in [2.05, 4.69) is 22.5 Å². The highest BCUT2D eigenvalue weighted by atomic mass is 16.4. The van der Waals surface area contributed by atoms with Gasteiger partial charge in [-0.05, 0) is 24.8 Å². The lowest BCUT2D eigenvalue weighted by Crippen LogP contribution is -2.63. The van der Waals surface area contributed by atoms with E-state index in [9.17, 15) is 24.3 Å². The number of rotatable bonds is 13. The molecule has 0 radical (unpaired) electrons. The van der Waals surface area contributed by atoms with Gasteiger partial charge >= 0.3 is 5.97 Å². The maximum atomic E-state index is 12.4. The number of hydrogen-bond acceptors (Lipinski definition) is 4. The molecule has 8 nitrogen and oxygen atoms in total. The van der Waals surface area contributed by atoms with E-state index >= 15 is 0 Å². The van der Waals surface area contributed by atoms with Crippen LogP contribution in [0.3, 0.4) is 0 Å². The molecule has 1 heterocycles. The minimum Gasteiger partial charge on any atom is -0.480 e. The Labute approximate surface area is 182 Å². The highest BCUT2D eigenvalue weighted by Crippen LogP contribution is 2.10. The molecule has 1 aliphatic heterocycles. The molecule has 0 aliphatic carbocycles. The molecule has 0 bridgehead atoms. The highest BCUT2D eigenvalue weighted by Gasteiger charge is 2.35. The average molecular weight is 430 g/mol. The summed E-state index contributed by atoms with van der Waals surface area (Å²) in [5, 5.41) is 17.1. The molecule has 3 amide bonds. The van der Waals surface area contributed by atoms with Crippen molar-refractivity contribution in [2.75, 3.05) is 0 Å². The van der Waals surface area contributed by atoms with Gasteiger partial charge in [0.15, 0.2) is 0 Å². The van der Waals surface area contributed by atoms with Gasteiger partial charge in [0, 0.05) is 6.42 Å². The molecule has 3 atom stereocenters. The number of hydrogen-bond donors (Lipinski definition) is 4. The van der Waals surface area contributed by atoms with Crippen molar-refractivity contribution in [3.8, 4) is 0 Å². The second kappa shape index (κ2) is 12.5. The lowest BCUT2D eigenvalue weighted by atomic mass is 10.0. The number of amides is 3. The van der Waals surface area contributed by atoms with Crippen molar-refractivity contribution in [3.05, 3.63) is 48.6 Å². The summed E-state index contributed by atoms with van der Waals surface area (Å²) in [6.07, 6.45) is 6.68. The van der Waals surface area contributed by atoms with E-state index in [0.717, 1.165) is 31.2 Å². The molecule has 0 spiro atoms. The summed E-state index contributed by atoms with van der Waals surface area (Å²) >= 11 is 0. The molecule has 4 N–H and O–H groups in total. The van der Waals surface area contributed by atoms with E-state index < -0.39 is 35.9 Å². The summed E-state index contributed by atoms with van der Waals surface area (Å²) in [4.78, 5) is 48.5. The van der Waals surface area contributed by atoms with Crippen LogP contribution in [0.4, 0.5) is 0 Å². The molecule has 1 fully saturated rings. The van der Waals surface area contributed by atoms with E-state index in [4.69, 9.17) is 0 Å².